The standard InChI is InChI=1S/C15H30N2/c1-12(2)17(14-7-5-6-8-14)10-13-9-15(3,4)11-16-13/h12-14,16H,5-11H2,1-4H3. The van der Waals surface area contributed by atoms with Gasteiger partial charge >= 0.3 is 0 Å². The van der Waals surface area contributed by atoms with Crippen LogP contribution < -0.4 is 5.32 Å². The minimum absolute atomic E-state index is 0.503. The second kappa shape index (κ2) is 5.27. The summed E-state index contributed by atoms with van der Waals surface area (Å²) >= 11 is 0. The van der Waals surface area contributed by atoms with Gasteiger partial charge in [-0.25, -0.2) is 0 Å². The summed E-state index contributed by atoms with van der Waals surface area (Å²) in [6.45, 7) is 11.9. The van der Waals surface area contributed by atoms with Gasteiger partial charge in [-0.05, 0) is 38.5 Å². The molecule has 2 nitrogen and oxygen atoms in total. The molecule has 1 saturated heterocycles. The fourth-order valence-electron chi connectivity index (χ4n) is 3.63. The van der Waals surface area contributed by atoms with Crippen molar-refractivity contribution in [1.29, 1.82) is 0 Å². The lowest BCUT2D eigenvalue weighted by atomic mass is 9.90. The van der Waals surface area contributed by atoms with Crippen LogP contribution in [0.25, 0.3) is 0 Å². The zero-order valence-corrected chi connectivity index (χ0v) is 12.1. The summed E-state index contributed by atoms with van der Waals surface area (Å²) in [6, 6.07) is 2.28. The summed E-state index contributed by atoms with van der Waals surface area (Å²) in [5.74, 6) is 0. The van der Waals surface area contributed by atoms with Crippen LogP contribution in [0.15, 0.2) is 0 Å². The van der Waals surface area contributed by atoms with Crippen LogP contribution >= 0.6 is 0 Å². The van der Waals surface area contributed by atoms with Crippen molar-refractivity contribution in [2.24, 2.45) is 5.41 Å². The molecule has 1 N–H and O–H groups in total. The van der Waals surface area contributed by atoms with E-state index in [0.717, 1.165) is 6.04 Å². The van der Waals surface area contributed by atoms with E-state index >= 15 is 0 Å². The van der Waals surface area contributed by atoms with E-state index in [4.69, 9.17) is 0 Å². The molecular formula is C15H30N2. The first kappa shape index (κ1) is 13.4. The number of hydrogen-bond donors (Lipinski definition) is 1. The number of hydrogen-bond acceptors (Lipinski definition) is 2. The van der Waals surface area contributed by atoms with E-state index in [0.29, 0.717) is 17.5 Å². The molecule has 1 atom stereocenters. The zero-order valence-electron chi connectivity index (χ0n) is 12.1. The lowest BCUT2D eigenvalue weighted by molar-refractivity contribution is 0.139. The molecule has 1 saturated carbocycles. The maximum absolute atomic E-state index is 3.71. The van der Waals surface area contributed by atoms with Crippen molar-refractivity contribution in [3.8, 4) is 0 Å². The highest BCUT2D eigenvalue weighted by Crippen LogP contribution is 2.30. The van der Waals surface area contributed by atoms with Crippen LogP contribution in [0.2, 0.25) is 0 Å². The number of rotatable bonds is 4. The first-order valence-corrected chi connectivity index (χ1v) is 7.47. The highest BCUT2D eigenvalue weighted by Gasteiger charge is 2.33. The van der Waals surface area contributed by atoms with E-state index in [2.05, 4.69) is 37.9 Å². The van der Waals surface area contributed by atoms with Gasteiger partial charge in [0.25, 0.3) is 0 Å². The van der Waals surface area contributed by atoms with Gasteiger partial charge in [0.1, 0.15) is 0 Å². The predicted molar refractivity (Wildman–Crippen MR) is 74.3 cm³/mol. The Morgan fingerprint density at radius 1 is 1.24 bits per heavy atom. The summed E-state index contributed by atoms with van der Waals surface area (Å²) in [7, 11) is 0. The van der Waals surface area contributed by atoms with Crippen molar-refractivity contribution in [2.45, 2.75) is 77.9 Å². The third kappa shape index (κ3) is 3.45. The molecule has 0 aromatic carbocycles. The summed E-state index contributed by atoms with van der Waals surface area (Å²) in [5.41, 5.74) is 0.503. The van der Waals surface area contributed by atoms with Gasteiger partial charge in [-0.3, -0.25) is 4.90 Å². The quantitative estimate of drug-likeness (QED) is 0.810. The topological polar surface area (TPSA) is 15.3 Å². The first-order valence-electron chi connectivity index (χ1n) is 7.47. The van der Waals surface area contributed by atoms with E-state index < -0.39 is 0 Å². The van der Waals surface area contributed by atoms with Gasteiger partial charge in [-0.15, -0.1) is 0 Å². The average Bonchev–Trinajstić information content (AvgIpc) is 2.83. The van der Waals surface area contributed by atoms with E-state index in [-0.39, 0.29) is 0 Å². The smallest absolute Gasteiger partial charge is 0.0201 e. The zero-order chi connectivity index (χ0) is 12.5. The SMILES string of the molecule is CC(C)N(CC1CC(C)(C)CN1)C1CCCC1. The Morgan fingerprint density at radius 2 is 1.88 bits per heavy atom. The Morgan fingerprint density at radius 3 is 2.35 bits per heavy atom. The lowest BCUT2D eigenvalue weighted by Crippen LogP contribution is -2.46. The summed E-state index contributed by atoms with van der Waals surface area (Å²) in [4.78, 5) is 2.76. The van der Waals surface area contributed by atoms with Crippen molar-refractivity contribution < 1.29 is 0 Å². The van der Waals surface area contributed by atoms with Gasteiger partial charge in [0.15, 0.2) is 0 Å². The maximum Gasteiger partial charge on any atom is 0.0201 e. The molecular weight excluding hydrogens is 208 g/mol. The van der Waals surface area contributed by atoms with Crippen molar-refractivity contribution >= 4 is 0 Å². The largest absolute Gasteiger partial charge is 0.312 e. The molecule has 2 heteroatoms. The van der Waals surface area contributed by atoms with Crippen LogP contribution in [0.3, 0.4) is 0 Å². The van der Waals surface area contributed by atoms with Crippen LogP contribution in [0.4, 0.5) is 0 Å². The Balaban J connectivity index is 1.89. The third-order valence-corrected chi connectivity index (χ3v) is 4.56. The van der Waals surface area contributed by atoms with Gasteiger partial charge in [0.2, 0.25) is 0 Å². The number of nitrogens with one attached hydrogen (secondary N) is 1. The van der Waals surface area contributed by atoms with Crippen LogP contribution in [0, 0.1) is 5.41 Å². The highest BCUT2D eigenvalue weighted by atomic mass is 15.2. The van der Waals surface area contributed by atoms with E-state index in [1.165, 1.54) is 45.2 Å². The van der Waals surface area contributed by atoms with Crippen LogP contribution in [0.5, 0.6) is 0 Å². The summed E-state index contributed by atoms with van der Waals surface area (Å²) in [6.07, 6.45) is 7.07. The molecule has 0 spiro atoms. The van der Waals surface area contributed by atoms with Crippen molar-refractivity contribution in [1.82, 2.24) is 10.2 Å². The van der Waals surface area contributed by atoms with Gasteiger partial charge in [-0.2, -0.15) is 0 Å². The maximum atomic E-state index is 3.71. The molecule has 0 bridgehead atoms. The van der Waals surface area contributed by atoms with Gasteiger partial charge in [-0.1, -0.05) is 26.7 Å². The molecule has 2 fully saturated rings. The normalized spacial score (nSPS) is 29.6. The minimum Gasteiger partial charge on any atom is -0.312 e. The van der Waals surface area contributed by atoms with Crippen molar-refractivity contribution in [3.63, 3.8) is 0 Å². The van der Waals surface area contributed by atoms with Crippen molar-refractivity contribution in [3.05, 3.63) is 0 Å². The van der Waals surface area contributed by atoms with Crippen LogP contribution in [0.1, 0.15) is 59.8 Å². The highest BCUT2D eigenvalue weighted by molar-refractivity contribution is 4.91. The molecule has 2 aliphatic rings. The average molecular weight is 238 g/mol. The van der Waals surface area contributed by atoms with E-state index in [1.54, 1.807) is 0 Å². The van der Waals surface area contributed by atoms with Gasteiger partial charge < -0.3 is 5.32 Å². The van der Waals surface area contributed by atoms with E-state index in [9.17, 15) is 0 Å². The monoisotopic (exact) mass is 238 g/mol. The Hall–Kier alpha value is -0.0800. The summed E-state index contributed by atoms with van der Waals surface area (Å²) in [5, 5.41) is 3.71. The van der Waals surface area contributed by atoms with Crippen molar-refractivity contribution in [2.75, 3.05) is 13.1 Å². The molecule has 1 unspecified atom stereocenters. The fraction of sp³-hybridized carbons (Fsp3) is 1.00. The van der Waals surface area contributed by atoms with E-state index in [1.807, 2.05) is 0 Å². The fourth-order valence-corrected chi connectivity index (χ4v) is 3.63. The third-order valence-electron chi connectivity index (χ3n) is 4.56. The molecule has 1 aliphatic carbocycles. The minimum atomic E-state index is 0.503. The number of nitrogens with zero attached hydrogens (tertiary/aromatic N) is 1. The Kier molecular flexibility index (Phi) is 4.14. The molecule has 100 valence electrons. The summed E-state index contributed by atoms with van der Waals surface area (Å²) < 4.78 is 0. The van der Waals surface area contributed by atoms with Crippen LogP contribution in [-0.2, 0) is 0 Å². The molecule has 0 aromatic heterocycles. The second-order valence-electron chi connectivity index (χ2n) is 7.17. The molecule has 0 amide bonds. The predicted octanol–water partition coefficient (Wildman–Crippen LogP) is 3.03. The molecule has 1 heterocycles. The molecule has 2 rings (SSSR count). The lowest BCUT2D eigenvalue weighted by Gasteiger charge is -2.35. The molecule has 17 heavy (non-hydrogen) atoms. The van der Waals surface area contributed by atoms with Gasteiger partial charge in [0, 0.05) is 31.2 Å². The molecule has 0 radical (unpaired) electrons. The first-order chi connectivity index (χ1) is 7.98. The second-order valence-corrected chi connectivity index (χ2v) is 7.17. The Bertz CT molecular complexity index is 241. The van der Waals surface area contributed by atoms with Crippen LogP contribution in [-0.4, -0.2) is 36.1 Å². The van der Waals surface area contributed by atoms with Gasteiger partial charge in [0.05, 0.1) is 0 Å². The molecule has 0 aromatic rings. The Labute approximate surface area is 107 Å². The molecule has 1 aliphatic heterocycles.